The number of hydrogen-bond acceptors (Lipinski definition) is 2. The first-order valence-corrected chi connectivity index (χ1v) is 5.53. The maximum absolute atomic E-state index is 11.3. The largest absolute Gasteiger partial charge is 0.375 e. The molecule has 0 saturated carbocycles. The van der Waals surface area contributed by atoms with E-state index in [1.165, 1.54) is 5.56 Å². The average Bonchev–Trinajstić information content (AvgIpc) is 2.68. The third-order valence-electron chi connectivity index (χ3n) is 2.94. The van der Waals surface area contributed by atoms with Gasteiger partial charge in [0.1, 0.15) is 0 Å². The third-order valence-corrected chi connectivity index (χ3v) is 2.94. The van der Waals surface area contributed by atoms with Crippen molar-refractivity contribution in [2.45, 2.75) is 26.2 Å². The second-order valence-electron chi connectivity index (χ2n) is 4.00. The summed E-state index contributed by atoms with van der Waals surface area (Å²) in [6.07, 6.45) is 1.05. The molecule has 2 rings (SSSR count). The Morgan fingerprint density at radius 1 is 1.12 bits per heavy atom. The predicted octanol–water partition coefficient (Wildman–Crippen LogP) is 3.71. The van der Waals surface area contributed by atoms with Crippen molar-refractivity contribution in [3.63, 3.8) is 0 Å². The molecule has 1 aliphatic heterocycles. The van der Waals surface area contributed by atoms with Gasteiger partial charge in [0.25, 0.3) is 0 Å². The van der Waals surface area contributed by atoms with Gasteiger partial charge < -0.3 is 0 Å². The van der Waals surface area contributed by atoms with Crippen molar-refractivity contribution < 1.29 is 9.59 Å². The lowest BCUT2D eigenvalue weighted by Crippen LogP contribution is -2.27. The molecule has 0 saturated heterocycles. The van der Waals surface area contributed by atoms with E-state index in [4.69, 9.17) is 0 Å². The summed E-state index contributed by atoms with van der Waals surface area (Å²) < 4.78 is 0. The molecule has 0 radical (unpaired) electrons. The zero-order valence-corrected chi connectivity index (χ0v) is 9.75. The molecule has 1 aromatic rings. The Morgan fingerprint density at radius 2 is 1.65 bits per heavy atom. The van der Waals surface area contributed by atoms with Crippen LogP contribution < -0.4 is 4.90 Å². The first-order valence-electron chi connectivity index (χ1n) is 5.53. The number of azo groups is 1. The smallest absolute Gasteiger partial charge is 0.243 e. The molecular formula is C12H13N3O2. The SMILES string of the molecule is CCC(C)c1ccc(N2C(=O)N=NC2=O)cc1. The van der Waals surface area contributed by atoms with Gasteiger partial charge in [-0.1, -0.05) is 36.2 Å². The highest BCUT2D eigenvalue weighted by Gasteiger charge is 2.28. The molecule has 0 fully saturated rings. The van der Waals surface area contributed by atoms with E-state index in [0.717, 1.165) is 11.3 Å². The van der Waals surface area contributed by atoms with E-state index in [9.17, 15) is 9.59 Å². The van der Waals surface area contributed by atoms with E-state index in [2.05, 4.69) is 24.1 Å². The molecular weight excluding hydrogens is 218 g/mol. The first kappa shape index (κ1) is 11.4. The predicted molar refractivity (Wildman–Crippen MR) is 63.3 cm³/mol. The van der Waals surface area contributed by atoms with Crippen molar-refractivity contribution in [3.8, 4) is 0 Å². The van der Waals surface area contributed by atoms with E-state index in [1.54, 1.807) is 12.1 Å². The van der Waals surface area contributed by atoms with Crippen LogP contribution >= 0.6 is 0 Å². The van der Waals surface area contributed by atoms with E-state index in [-0.39, 0.29) is 0 Å². The van der Waals surface area contributed by atoms with E-state index in [1.807, 2.05) is 12.1 Å². The summed E-state index contributed by atoms with van der Waals surface area (Å²) in [5.74, 6) is 0.461. The molecule has 0 bridgehead atoms. The summed E-state index contributed by atoms with van der Waals surface area (Å²) in [6.45, 7) is 4.25. The lowest BCUT2D eigenvalue weighted by Gasteiger charge is -2.13. The highest BCUT2D eigenvalue weighted by atomic mass is 16.2. The van der Waals surface area contributed by atoms with Gasteiger partial charge in [0.2, 0.25) is 0 Å². The second kappa shape index (κ2) is 4.45. The Morgan fingerprint density at radius 3 is 2.12 bits per heavy atom. The molecule has 88 valence electrons. The van der Waals surface area contributed by atoms with Gasteiger partial charge in [-0.25, -0.2) is 14.5 Å². The molecule has 0 spiro atoms. The number of carbonyl (C=O) groups excluding carboxylic acids is 2. The fraction of sp³-hybridized carbons (Fsp3) is 0.333. The fourth-order valence-electron chi connectivity index (χ4n) is 1.67. The van der Waals surface area contributed by atoms with Crippen LogP contribution in [-0.4, -0.2) is 12.1 Å². The molecule has 17 heavy (non-hydrogen) atoms. The number of amides is 4. The quantitative estimate of drug-likeness (QED) is 0.795. The maximum atomic E-state index is 11.3. The Kier molecular flexibility index (Phi) is 2.99. The monoisotopic (exact) mass is 231 g/mol. The van der Waals surface area contributed by atoms with E-state index < -0.39 is 12.1 Å². The lowest BCUT2D eigenvalue weighted by atomic mass is 9.98. The molecule has 1 heterocycles. The Bertz CT molecular complexity index is 461. The Labute approximate surface area is 99.1 Å². The second-order valence-corrected chi connectivity index (χ2v) is 4.00. The van der Waals surface area contributed by atoms with Crippen LogP contribution in [0.25, 0.3) is 0 Å². The van der Waals surface area contributed by atoms with E-state index >= 15 is 0 Å². The number of anilines is 1. The molecule has 4 amide bonds. The van der Waals surface area contributed by atoms with Gasteiger partial charge in [-0.15, -0.1) is 0 Å². The third kappa shape index (κ3) is 2.08. The maximum Gasteiger partial charge on any atom is 0.375 e. The molecule has 5 heteroatoms. The molecule has 1 atom stereocenters. The summed E-state index contributed by atoms with van der Waals surface area (Å²) >= 11 is 0. The Hall–Kier alpha value is -2.04. The van der Waals surface area contributed by atoms with Crippen LogP contribution in [-0.2, 0) is 0 Å². The van der Waals surface area contributed by atoms with Gasteiger partial charge in [-0.3, -0.25) is 0 Å². The van der Waals surface area contributed by atoms with E-state index in [0.29, 0.717) is 11.6 Å². The van der Waals surface area contributed by atoms with Gasteiger partial charge in [0.15, 0.2) is 0 Å². The minimum Gasteiger partial charge on any atom is -0.243 e. The normalized spacial score (nSPS) is 16.7. The molecule has 1 aromatic carbocycles. The van der Waals surface area contributed by atoms with Gasteiger partial charge in [0.05, 0.1) is 5.69 Å². The van der Waals surface area contributed by atoms with Crippen LogP contribution in [0.5, 0.6) is 0 Å². The van der Waals surface area contributed by atoms with Gasteiger partial charge in [0, 0.05) is 0 Å². The summed E-state index contributed by atoms with van der Waals surface area (Å²) in [5.41, 5.74) is 1.70. The highest BCUT2D eigenvalue weighted by molar-refractivity contribution is 6.17. The highest BCUT2D eigenvalue weighted by Crippen LogP contribution is 2.24. The number of imide groups is 1. The van der Waals surface area contributed by atoms with Crippen molar-refractivity contribution in [3.05, 3.63) is 29.8 Å². The van der Waals surface area contributed by atoms with Crippen molar-refractivity contribution in [1.29, 1.82) is 0 Å². The number of carbonyl (C=O) groups is 2. The van der Waals surface area contributed by atoms with Crippen LogP contribution in [0.15, 0.2) is 34.5 Å². The standard InChI is InChI=1S/C12H13N3O2/c1-3-8(2)9-4-6-10(7-5-9)15-11(16)13-14-12(15)17/h4-8H,3H2,1-2H3. The Balaban J connectivity index is 2.24. The summed E-state index contributed by atoms with van der Waals surface area (Å²) in [6, 6.07) is 6.06. The van der Waals surface area contributed by atoms with Crippen LogP contribution in [0, 0.1) is 0 Å². The average molecular weight is 231 g/mol. The molecule has 5 nitrogen and oxygen atoms in total. The number of urea groups is 2. The molecule has 0 N–H and O–H groups in total. The zero-order chi connectivity index (χ0) is 12.4. The lowest BCUT2D eigenvalue weighted by molar-refractivity contribution is 0.249. The summed E-state index contributed by atoms with van der Waals surface area (Å²) in [7, 11) is 0. The summed E-state index contributed by atoms with van der Waals surface area (Å²) in [4.78, 5) is 23.6. The van der Waals surface area contributed by atoms with Gasteiger partial charge in [-0.2, -0.15) is 0 Å². The molecule has 1 aliphatic rings. The van der Waals surface area contributed by atoms with Crippen molar-refractivity contribution in [2.24, 2.45) is 10.2 Å². The van der Waals surface area contributed by atoms with Crippen LogP contribution in [0.3, 0.4) is 0 Å². The minimum absolute atomic E-state index is 0.461. The molecule has 0 aromatic heterocycles. The number of nitrogens with zero attached hydrogens (tertiary/aromatic N) is 3. The van der Waals surface area contributed by atoms with Crippen molar-refractivity contribution >= 4 is 17.7 Å². The first-order chi connectivity index (χ1) is 8.13. The summed E-state index contributed by atoms with van der Waals surface area (Å²) in [5, 5.41) is 6.42. The number of rotatable bonds is 3. The van der Waals surface area contributed by atoms with Gasteiger partial charge in [-0.05, 0) is 30.0 Å². The molecule has 0 aliphatic carbocycles. The van der Waals surface area contributed by atoms with Crippen LogP contribution in [0.1, 0.15) is 31.7 Å². The number of benzene rings is 1. The van der Waals surface area contributed by atoms with Gasteiger partial charge >= 0.3 is 12.1 Å². The van der Waals surface area contributed by atoms with Crippen LogP contribution in [0.2, 0.25) is 0 Å². The minimum atomic E-state index is -0.633. The molecule has 1 unspecified atom stereocenters. The van der Waals surface area contributed by atoms with Crippen molar-refractivity contribution in [1.82, 2.24) is 0 Å². The number of hydrogen-bond donors (Lipinski definition) is 0. The topological polar surface area (TPSA) is 62.1 Å². The van der Waals surface area contributed by atoms with Crippen LogP contribution in [0.4, 0.5) is 15.3 Å². The zero-order valence-electron chi connectivity index (χ0n) is 9.75. The van der Waals surface area contributed by atoms with Crippen molar-refractivity contribution in [2.75, 3.05) is 4.90 Å². The fourth-order valence-corrected chi connectivity index (χ4v) is 1.67.